The molecule has 2 N–H and O–H groups in total. The molecule has 2 aliphatic rings. The first-order valence-corrected chi connectivity index (χ1v) is 17.4. The van der Waals surface area contributed by atoms with Gasteiger partial charge in [-0.15, -0.1) is 0 Å². The molecule has 0 atom stereocenters. The van der Waals surface area contributed by atoms with E-state index < -0.39 is 0 Å². The van der Waals surface area contributed by atoms with Crippen molar-refractivity contribution in [3.05, 3.63) is 180 Å². The van der Waals surface area contributed by atoms with Gasteiger partial charge in [-0.05, 0) is 74.2 Å². The summed E-state index contributed by atoms with van der Waals surface area (Å²) in [6.07, 6.45) is 21.0. The van der Waals surface area contributed by atoms with E-state index >= 15 is 0 Å². The van der Waals surface area contributed by atoms with Crippen LogP contribution in [0.2, 0.25) is 0 Å². The molecule has 0 saturated carbocycles. The van der Waals surface area contributed by atoms with Crippen molar-refractivity contribution in [3.63, 3.8) is 0 Å². The molecule has 8 heteroatoms. The molecule has 7 aromatic heterocycles. The van der Waals surface area contributed by atoms with Crippen LogP contribution in [0, 0.1) is 27.7 Å². The maximum Gasteiger partial charge on any atom is 0.238 e. The average Bonchev–Trinajstić information content (AvgIpc) is 3.93. The Morgan fingerprint density at radius 2 is 0.769 bits per heavy atom. The van der Waals surface area contributed by atoms with E-state index in [1.165, 1.54) is 22.3 Å². The molecule has 9 heterocycles. The van der Waals surface area contributed by atoms with E-state index in [1.807, 2.05) is 0 Å². The third-order valence-electron chi connectivity index (χ3n) is 9.55. The van der Waals surface area contributed by atoms with Gasteiger partial charge in [-0.25, -0.2) is 9.97 Å². The summed E-state index contributed by atoms with van der Waals surface area (Å²) in [5.74, 6) is 0. The summed E-state index contributed by atoms with van der Waals surface area (Å²) in [7, 11) is 0. The van der Waals surface area contributed by atoms with E-state index in [4.69, 9.17) is 9.97 Å². The highest BCUT2D eigenvalue weighted by Crippen LogP contribution is 2.26. The lowest BCUT2D eigenvalue weighted by molar-refractivity contribution is -0.594. The average molecular weight is 679 g/mol. The maximum atomic E-state index is 5.20. The van der Waals surface area contributed by atoms with Gasteiger partial charge in [0, 0.05) is 83.8 Å². The van der Waals surface area contributed by atoms with Crippen LogP contribution in [0.5, 0.6) is 0 Å². The summed E-state index contributed by atoms with van der Waals surface area (Å²) >= 11 is 0. The van der Waals surface area contributed by atoms with Crippen molar-refractivity contribution < 1.29 is 18.3 Å². The van der Waals surface area contributed by atoms with Crippen molar-refractivity contribution in [2.75, 3.05) is 0 Å². The number of nitrogens with zero attached hydrogens (tertiary/aromatic N) is 6. The number of hydrogen-bond donors (Lipinski definition) is 2. The zero-order valence-corrected chi connectivity index (χ0v) is 29.5. The van der Waals surface area contributed by atoms with Crippen molar-refractivity contribution in [3.8, 4) is 11.4 Å². The van der Waals surface area contributed by atoms with Crippen LogP contribution in [0.3, 0.4) is 0 Å². The van der Waals surface area contributed by atoms with Gasteiger partial charge in [0.25, 0.3) is 0 Å². The fourth-order valence-electron chi connectivity index (χ4n) is 6.66. The standard InChI is InChI=1S/C44H38N8/c1-29-5-13-49(14-6-29)41-25-33-22-38-43(51-17-9-31(3)10-18-51)27-35(47-38)24-40-44(52-19-11-32(4)12-20-52)28-36(48-40)23-39-42(50-15-7-30(2)8-16-50)26-34(46-39)21-37(41)45-33/h5-28,45-46H,1-4H3/q+4. The molecule has 0 aliphatic carbocycles. The summed E-state index contributed by atoms with van der Waals surface area (Å²) in [4.78, 5) is 17.8. The third-order valence-corrected chi connectivity index (χ3v) is 9.55. The summed E-state index contributed by atoms with van der Waals surface area (Å²) in [5.41, 5.74) is 16.0. The first-order valence-electron chi connectivity index (χ1n) is 17.4. The van der Waals surface area contributed by atoms with Gasteiger partial charge < -0.3 is 9.97 Å². The quantitative estimate of drug-likeness (QED) is 0.202. The van der Waals surface area contributed by atoms with Crippen molar-refractivity contribution >= 4 is 45.6 Å². The van der Waals surface area contributed by atoms with Crippen molar-refractivity contribution in [1.29, 1.82) is 0 Å². The number of nitrogens with one attached hydrogen (secondary N) is 2. The molecule has 8 nitrogen and oxygen atoms in total. The number of aromatic nitrogens is 8. The molecule has 250 valence electrons. The van der Waals surface area contributed by atoms with Gasteiger partial charge in [-0.1, -0.05) is 0 Å². The number of rotatable bonds is 4. The molecule has 0 radical (unpaired) electrons. The van der Waals surface area contributed by atoms with Crippen LogP contribution in [-0.2, 0) is 0 Å². The molecular weight excluding hydrogens is 641 g/mol. The van der Waals surface area contributed by atoms with E-state index in [9.17, 15) is 0 Å². The van der Waals surface area contributed by atoms with Gasteiger partial charge >= 0.3 is 0 Å². The molecule has 0 spiro atoms. The summed E-state index contributed by atoms with van der Waals surface area (Å²) in [6, 6.07) is 29.8. The van der Waals surface area contributed by atoms with Gasteiger partial charge in [0.2, 0.25) is 22.8 Å². The van der Waals surface area contributed by atoms with Crippen LogP contribution in [0.1, 0.15) is 45.0 Å². The zero-order chi connectivity index (χ0) is 35.3. The van der Waals surface area contributed by atoms with Gasteiger partial charge in [-0.3, -0.25) is 0 Å². The number of hydrogen-bond acceptors (Lipinski definition) is 2. The van der Waals surface area contributed by atoms with E-state index in [0.717, 1.165) is 67.6 Å². The SMILES string of the molecule is Cc1cc[n+](C2=Cc3cc4[nH]c(cc4-[n+]4ccc(C)cc4)cc4[nH]c(cc5nc(cc2n3)C=C5[n+]2ccc(C)cc2)cc4-[n+]2ccc(C)cc2)cc1. The Bertz CT molecular complexity index is 2730. The van der Waals surface area contributed by atoms with Gasteiger partial charge in [-0.2, -0.15) is 18.3 Å². The summed E-state index contributed by atoms with van der Waals surface area (Å²) in [5, 5.41) is 0. The number of fused-ring (bicyclic) bond motifs is 8. The van der Waals surface area contributed by atoms with Crippen LogP contribution >= 0.6 is 0 Å². The molecule has 0 fully saturated rings. The molecule has 0 aromatic carbocycles. The highest BCUT2D eigenvalue weighted by molar-refractivity contribution is 5.84. The van der Waals surface area contributed by atoms with Gasteiger partial charge in [0.1, 0.15) is 22.4 Å². The minimum Gasteiger partial charge on any atom is -0.350 e. The molecule has 8 bridgehead atoms. The Morgan fingerprint density at radius 1 is 0.404 bits per heavy atom. The predicted molar refractivity (Wildman–Crippen MR) is 203 cm³/mol. The first kappa shape index (κ1) is 31.2. The van der Waals surface area contributed by atoms with Crippen LogP contribution in [0.25, 0.3) is 57.0 Å². The Morgan fingerprint density at radius 3 is 1.23 bits per heavy atom. The van der Waals surface area contributed by atoms with Gasteiger partial charge in [0.05, 0.1) is 11.4 Å². The fraction of sp³-hybridized carbons (Fsp3) is 0.0909. The maximum absolute atomic E-state index is 5.20. The number of aromatic amines is 2. The molecule has 0 unspecified atom stereocenters. The first-order chi connectivity index (χ1) is 25.3. The van der Waals surface area contributed by atoms with Crippen molar-refractivity contribution in [1.82, 2.24) is 19.9 Å². The van der Waals surface area contributed by atoms with Crippen molar-refractivity contribution in [2.24, 2.45) is 0 Å². The van der Waals surface area contributed by atoms with Crippen LogP contribution < -0.4 is 18.3 Å². The predicted octanol–water partition coefficient (Wildman–Crippen LogP) is 6.77. The Kier molecular flexibility index (Phi) is 7.51. The van der Waals surface area contributed by atoms with E-state index in [1.54, 1.807) is 0 Å². The topological polar surface area (TPSA) is 72.9 Å². The second kappa shape index (κ2) is 12.5. The second-order valence-electron chi connectivity index (χ2n) is 13.7. The second-order valence-corrected chi connectivity index (χ2v) is 13.7. The normalized spacial score (nSPS) is 12.5. The molecule has 7 aromatic rings. The lowest BCUT2D eigenvalue weighted by Gasteiger charge is -1.96. The van der Waals surface area contributed by atoms with Crippen LogP contribution in [0.4, 0.5) is 0 Å². The number of aryl methyl sites for hydroxylation is 4. The Labute approximate surface area is 301 Å². The van der Waals surface area contributed by atoms with Crippen LogP contribution in [0.15, 0.2) is 135 Å². The zero-order valence-electron chi connectivity index (χ0n) is 29.5. The minimum atomic E-state index is 0.824. The molecular formula is C44H38N8+4. The molecule has 9 rings (SSSR count). The molecule has 0 saturated heterocycles. The smallest absolute Gasteiger partial charge is 0.238 e. The number of pyridine rings is 4. The highest BCUT2D eigenvalue weighted by atomic mass is 15.0. The Balaban J connectivity index is 1.36. The lowest BCUT2D eigenvalue weighted by atomic mass is 10.2. The molecule has 2 aliphatic heterocycles. The monoisotopic (exact) mass is 678 g/mol. The molecule has 52 heavy (non-hydrogen) atoms. The largest absolute Gasteiger partial charge is 0.350 e. The minimum absolute atomic E-state index is 0.824. The summed E-state index contributed by atoms with van der Waals surface area (Å²) < 4.78 is 8.55. The summed E-state index contributed by atoms with van der Waals surface area (Å²) in [6.45, 7) is 8.41. The fourth-order valence-corrected chi connectivity index (χ4v) is 6.66. The van der Waals surface area contributed by atoms with E-state index in [-0.39, 0.29) is 0 Å². The highest BCUT2D eigenvalue weighted by Gasteiger charge is 2.25. The van der Waals surface area contributed by atoms with E-state index in [2.05, 4.69) is 203 Å². The van der Waals surface area contributed by atoms with Crippen LogP contribution in [-0.4, -0.2) is 19.9 Å². The third kappa shape index (κ3) is 6.00. The number of H-pyrrole nitrogens is 2. The van der Waals surface area contributed by atoms with Gasteiger partial charge in [0.15, 0.2) is 49.6 Å². The molecule has 0 amide bonds. The Hall–Kier alpha value is -6.80. The van der Waals surface area contributed by atoms with Crippen molar-refractivity contribution in [2.45, 2.75) is 27.7 Å². The van der Waals surface area contributed by atoms with E-state index in [0.29, 0.717) is 0 Å². The lowest BCUT2D eigenvalue weighted by Crippen LogP contribution is -2.31.